The van der Waals surface area contributed by atoms with E-state index in [0.717, 1.165) is 11.1 Å². The number of nitrogens with zero attached hydrogens (tertiary/aromatic N) is 5. The van der Waals surface area contributed by atoms with Crippen LogP contribution in [0.15, 0.2) is 52.8 Å². The Balaban J connectivity index is 1.46. The Bertz CT molecular complexity index is 1300. The van der Waals surface area contributed by atoms with Gasteiger partial charge in [0.2, 0.25) is 15.2 Å². The van der Waals surface area contributed by atoms with E-state index in [4.69, 9.17) is 4.74 Å². The van der Waals surface area contributed by atoms with Crippen molar-refractivity contribution in [3.05, 3.63) is 48.3 Å². The number of aromatic amines is 1. The second-order valence-corrected chi connectivity index (χ2v) is 9.67. The lowest BCUT2D eigenvalue weighted by molar-refractivity contribution is 0.0730. The number of hydrogen-bond acceptors (Lipinski definition) is 8. The molecule has 154 valence electrons. The molecule has 30 heavy (non-hydrogen) atoms. The van der Waals surface area contributed by atoms with E-state index < -0.39 is 10.0 Å². The molecule has 1 saturated heterocycles. The van der Waals surface area contributed by atoms with Crippen LogP contribution < -0.4 is 0 Å². The third-order valence-corrected chi connectivity index (χ3v) is 7.67. The summed E-state index contributed by atoms with van der Waals surface area (Å²) in [5, 5.41) is 9.74. The summed E-state index contributed by atoms with van der Waals surface area (Å²) in [6.45, 7) is 1.52. The van der Waals surface area contributed by atoms with E-state index in [1.165, 1.54) is 16.1 Å². The number of H-pyrrole nitrogens is 1. The molecule has 1 aliphatic heterocycles. The van der Waals surface area contributed by atoms with Gasteiger partial charge in [-0.05, 0) is 29.8 Å². The van der Waals surface area contributed by atoms with Gasteiger partial charge in [-0.1, -0.05) is 17.8 Å². The van der Waals surface area contributed by atoms with Crippen LogP contribution in [0.1, 0.15) is 5.56 Å². The maximum atomic E-state index is 13.0. The van der Waals surface area contributed by atoms with Gasteiger partial charge in [-0.25, -0.2) is 13.4 Å². The topological polar surface area (TPSA) is 114 Å². The van der Waals surface area contributed by atoms with Crippen molar-refractivity contribution >= 4 is 43.9 Å². The molecule has 4 aromatic rings. The number of aromatic nitrogens is 5. The van der Waals surface area contributed by atoms with Gasteiger partial charge < -0.3 is 9.72 Å². The predicted molar refractivity (Wildman–Crippen MR) is 113 cm³/mol. The average Bonchev–Trinajstić information content (AvgIpc) is 3.16. The summed E-state index contributed by atoms with van der Waals surface area (Å²) in [5.74, 6) is 0.684. The average molecular weight is 443 g/mol. The molecule has 0 aliphatic carbocycles. The third kappa shape index (κ3) is 3.65. The Kier molecular flexibility index (Phi) is 5.11. The first kappa shape index (κ1) is 19.4. The lowest BCUT2D eigenvalue weighted by Gasteiger charge is -2.26. The van der Waals surface area contributed by atoms with Gasteiger partial charge >= 0.3 is 0 Å². The maximum absolute atomic E-state index is 13.0. The zero-order valence-corrected chi connectivity index (χ0v) is 17.5. The first-order valence-electron chi connectivity index (χ1n) is 9.37. The van der Waals surface area contributed by atoms with E-state index in [0.29, 0.717) is 53.8 Å². The van der Waals surface area contributed by atoms with Crippen molar-refractivity contribution in [2.45, 2.75) is 15.8 Å². The molecule has 0 spiro atoms. The van der Waals surface area contributed by atoms with Gasteiger partial charge in [0.05, 0.1) is 18.1 Å². The number of hydrogen-bond donors (Lipinski definition) is 1. The molecule has 9 nitrogen and oxygen atoms in total. The summed E-state index contributed by atoms with van der Waals surface area (Å²) in [7, 11) is -3.59. The van der Waals surface area contributed by atoms with Crippen LogP contribution in [0.3, 0.4) is 0 Å². The van der Waals surface area contributed by atoms with Crippen molar-refractivity contribution in [1.29, 1.82) is 0 Å². The van der Waals surface area contributed by atoms with Gasteiger partial charge in [0.25, 0.3) is 0 Å². The molecule has 0 bridgehead atoms. The molecule has 0 radical (unpaired) electrons. The molecule has 0 amide bonds. The smallest absolute Gasteiger partial charge is 0.243 e. The van der Waals surface area contributed by atoms with Crippen LogP contribution in [0.5, 0.6) is 0 Å². The van der Waals surface area contributed by atoms with Crippen molar-refractivity contribution in [3.8, 4) is 0 Å². The highest BCUT2D eigenvalue weighted by molar-refractivity contribution is 7.98. The number of rotatable bonds is 5. The predicted octanol–water partition coefficient (Wildman–Crippen LogP) is 2.21. The highest BCUT2D eigenvalue weighted by atomic mass is 32.2. The molecule has 5 rings (SSSR count). The van der Waals surface area contributed by atoms with Gasteiger partial charge in [0.15, 0.2) is 5.65 Å². The number of sulfonamides is 1. The van der Waals surface area contributed by atoms with Crippen LogP contribution in [0, 0.1) is 0 Å². The van der Waals surface area contributed by atoms with Gasteiger partial charge in [-0.3, -0.25) is 4.98 Å². The largest absolute Gasteiger partial charge is 0.379 e. The minimum absolute atomic E-state index is 0.231. The lowest BCUT2D eigenvalue weighted by atomic mass is 10.2. The van der Waals surface area contributed by atoms with E-state index in [2.05, 4.69) is 25.1 Å². The van der Waals surface area contributed by atoms with Crippen LogP contribution in [0.2, 0.25) is 0 Å². The minimum Gasteiger partial charge on any atom is -0.379 e. The van der Waals surface area contributed by atoms with Crippen LogP contribution >= 0.6 is 11.8 Å². The van der Waals surface area contributed by atoms with E-state index in [9.17, 15) is 8.42 Å². The number of ether oxygens (including phenoxy) is 1. The van der Waals surface area contributed by atoms with Crippen LogP contribution in [0.25, 0.3) is 22.1 Å². The molecule has 1 fully saturated rings. The Morgan fingerprint density at radius 3 is 2.83 bits per heavy atom. The summed E-state index contributed by atoms with van der Waals surface area (Å²) >= 11 is 1.47. The summed E-state index contributed by atoms with van der Waals surface area (Å²) in [6, 6.07) is 8.87. The van der Waals surface area contributed by atoms with Crippen molar-refractivity contribution in [1.82, 2.24) is 29.5 Å². The monoisotopic (exact) mass is 442 g/mol. The molecule has 0 unspecified atom stereocenters. The fourth-order valence-electron chi connectivity index (χ4n) is 3.32. The Morgan fingerprint density at radius 2 is 2.03 bits per heavy atom. The first-order valence-corrected chi connectivity index (χ1v) is 11.8. The van der Waals surface area contributed by atoms with Crippen LogP contribution in [-0.4, -0.2) is 64.2 Å². The molecular weight excluding hydrogens is 424 g/mol. The van der Waals surface area contributed by atoms with Crippen molar-refractivity contribution in [3.63, 3.8) is 0 Å². The Hall–Kier alpha value is -2.60. The standard InChI is InChI=1S/C19H18N6O3S2/c26-30(27,25-6-8-28-9-7-25)14-3-4-16-15(10-14)17-18(21-16)22-19(24-23-17)29-12-13-2-1-5-20-11-13/h1-5,10-11H,6-9,12H2,(H,21,22,24). The molecule has 0 saturated carbocycles. The van der Waals surface area contributed by atoms with Gasteiger partial charge in [-0.2, -0.15) is 4.31 Å². The molecule has 0 atom stereocenters. The van der Waals surface area contributed by atoms with Gasteiger partial charge in [0, 0.05) is 42.1 Å². The SMILES string of the molecule is O=S(=O)(c1ccc2[nH]c3nc(SCc4cccnc4)nnc3c2c1)N1CCOCC1. The molecule has 1 N–H and O–H groups in total. The molecule has 4 heterocycles. The number of thioether (sulfide) groups is 1. The molecule has 1 aromatic carbocycles. The van der Waals surface area contributed by atoms with E-state index >= 15 is 0 Å². The number of pyridine rings is 1. The van der Waals surface area contributed by atoms with Gasteiger partial charge in [-0.15, -0.1) is 10.2 Å². The summed E-state index contributed by atoms with van der Waals surface area (Å²) in [4.78, 5) is 12.1. The van der Waals surface area contributed by atoms with E-state index in [1.54, 1.807) is 30.6 Å². The minimum atomic E-state index is -3.59. The zero-order chi connectivity index (χ0) is 20.6. The normalized spacial score (nSPS) is 15.7. The molecule has 1 aliphatic rings. The second-order valence-electron chi connectivity index (χ2n) is 6.79. The summed E-state index contributed by atoms with van der Waals surface area (Å²) in [6.07, 6.45) is 3.54. The highest BCUT2D eigenvalue weighted by Crippen LogP contribution is 2.28. The maximum Gasteiger partial charge on any atom is 0.243 e. The second kappa shape index (κ2) is 7.91. The highest BCUT2D eigenvalue weighted by Gasteiger charge is 2.27. The summed E-state index contributed by atoms with van der Waals surface area (Å²) < 4.78 is 32.6. The van der Waals surface area contributed by atoms with Crippen molar-refractivity contribution in [2.75, 3.05) is 26.3 Å². The van der Waals surface area contributed by atoms with E-state index in [-0.39, 0.29) is 4.90 Å². The fourth-order valence-corrected chi connectivity index (χ4v) is 5.48. The quantitative estimate of drug-likeness (QED) is 0.468. The molecular formula is C19H18N6O3S2. The number of benzene rings is 1. The zero-order valence-electron chi connectivity index (χ0n) is 15.9. The number of nitrogens with one attached hydrogen (secondary N) is 1. The first-order chi connectivity index (χ1) is 14.6. The fraction of sp³-hybridized carbons (Fsp3) is 0.263. The molecule has 3 aromatic heterocycles. The van der Waals surface area contributed by atoms with Gasteiger partial charge in [0.1, 0.15) is 5.52 Å². The Labute approximate surface area is 176 Å². The summed E-state index contributed by atoms with van der Waals surface area (Å²) in [5.41, 5.74) is 2.97. The van der Waals surface area contributed by atoms with Crippen molar-refractivity contribution < 1.29 is 13.2 Å². The van der Waals surface area contributed by atoms with E-state index in [1.807, 2.05) is 12.1 Å². The number of fused-ring (bicyclic) bond motifs is 3. The Morgan fingerprint density at radius 1 is 1.17 bits per heavy atom. The van der Waals surface area contributed by atoms with Crippen molar-refractivity contribution in [2.24, 2.45) is 0 Å². The van der Waals surface area contributed by atoms with Crippen LogP contribution in [0.4, 0.5) is 0 Å². The number of morpholine rings is 1. The molecule has 11 heteroatoms. The van der Waals surface area contributed by atoms with Crippen LogP contribution in [-0.2, 0) is 20.5 Å². The third-order valence-electron chi connectivity index (χ3n) is 4.87. The lowest BCUT2D eigenvalue weighted by Crippen LogP contribution is -2.40.